The Morgan fingerprint density at radius 1 is 0.889 bits per heavy atom. The molecule has 0 aliphatic carbocycles. The van der Waals surface area contributed by atoms with E-state index in [1.165, 1.54) is 0 Å². The average molecular weight is 389 g/mol. The van der Waals surface area contributed by atoms with Gasteiger partial charge in [-0.2, -0.15) is 0 Å². The zero-order chi connectivity index (χ0) is 18.2. The fourth-order valence-corrected chi connectivity index (χ4v) is 4.02. The Morgan fingerprint density at radius 3 is 2.52 bits per heavy atom. The highest BCUT2D eigenvalue weighted by Gasteiger charge is 2.12. The van der Waals surface area contributed by atoms with E-state index in [1.54, 1.807) is 11.3 Å². The number of rotatable bonds is 2. The Kier molecular flexibility index (Phi) is 4.00. The molecule has 0 radical (unpaired) electrons. The molecule has 5 aromatic rings. The quantitative estimate of drug-likeness (QED) is 0.342. The summed E-state index contributed by atoms with van der Waals surface area (Å²) in [7, 11) is 0. The maximum atomic E-state index is 6.14. The number of hydrogen-bond acceptors (Lipinski definition) is 4. The average Bonchev–Trinajstić information content (AvgIpc) is 3.13. The van der Waals surface area contributed by atoms with Crippen molar-refractivity contribution in [2.75, 3.05) is 0 Å². The van der Waals surface area contributed by atoms with Crippen LogP contribution in [0.2, 0.25) is 5.02 Å². The predicted molar refractivity (Wildman–Crippen MR) is 112 cm³/mol. The van der Waals surface area contributed by atoms with E-state index in [0.29, 0.717) is 10.6 Å². The van der Waals surface area contributed by atoms with Crippen molar-refractivity contribution in [2.45, 2.75) is 0 Å². The lowest BCUT2D eigenvalue weighted by molar-refractivity contribution is 0.547. The van der Waals surface area contributed by atoms with E-state index >= 15 is 0 Å². The summed E-state index contributed by atoms with van der Waals surface area (Å²) < 4.78 is 7.28. The van der Waals surface area contributed by atoms with Crippen molar-refractivity contribution in [3.63, 3.8) is 0 Å². The zero-order valence-corrected chi connectivity index (χ0v) is 15.7. The van der Waals surface area contributed by atoms with Crippen LogP contribution in [0.1, 0.15) is 0 Å². The number of benzene rings is 3. The molecule has 0 atom stereocenters. The van der Waals surface area contributed by atoms with Crippen molar-refractivity contribution in [2.24, 2.45) is 4.99 Å². The van der Waals surface area contributed by atoms with E-state index < -0.39 is 0 Å². The molecule has 27 heavy (non-hydrogen) atoms. The summed E-state index contributed by atoms with van der Waals surface area (Å²) in [5.74, 6) is 0. The second-order valence-electron chi connectivity index (χ2n) is 6.08. The van der Waals surface area contributed by atoms with Crippen LogP contribution in [0.5, 0.6) is 0 Å². The van der Waals surface area contributed by atoms with Crippen LogP contribution < -0.4 is 5.55 Å². The summed E-state index contributed by atoms with van der Waals surface area (Å²) in [5, 5.41) is 2.58. The highest BCUT2D eigenvalue weighted by atomic mass is 35.5. The minimum atomic E-state index is 0.537. The van der Waals surface area contributed by atoms with Gasteiger partial charge in [0.2, 0.25) is 5.55 Å². The molecule has 5 heteroatoms. The number of thiazole rings is 1. The van der Waals surface area contributed by atoms with Gasteiger partial charge in [-0.3, -0.25) is 0 Å². The number of fused-ring (bicyclic) bond motifs is 2. The molecule has 0 aliphatic rings. The summed E-state index contributed by atoms with van der Waals surface area (Å²) in [5.41, 5.74) is 3.96. The number of halogens is 1. The second kappa shape index (κ2) is 6.65. The molecule has 3 aromatic carbocycles. The van der Waals surface area contributed by atoms with E-state index in [9.17, 15) is 0 Å². The summed E-state index contributed by atoms with van der Waals surface area (Å²) in [6.45, 7) is 0. The zero-order valence-electron chi connectivity index (χ0n) is 14.1. The van der Waals surface area contributed by atoms with Crippen LogP contribution in [0.25, 0.3) is 31.8 Å². The topological polar surface area (TPSA) is 38.4 Å². The van der Waals surface area contributed by atoms with E-state index in [4.69, 9.17) is 26.0 Å². The third-order valence-corrected chi connectivity index (χ3v) is 5.56. The molecule has 0 aliphatic heterocycles. The third-order valence-electron chi connectivity index (χ3n) is 4.24. The van der Waals surface area contributed by atoms with Crippen LogP contribution in [0, 0.1) is 0 Å². The first-order valence-corrected chi connectivity index (χ1v) is 9.65. The van der Waals surface area contributed by atoms with Gasteiger partial charge in [0.25, 0.3) is 0 Å². The highest BCUT2D eigenvalue weighted by molar-refractivity contribution is 7.21. The summed E-state index contributed by atoms with van der Waals surface area (Å²) >= 11 is 7.63. The molecule has 2 aromatic heterocycles. The minimum absolute atomic E-state index is 0.537. The van der Waals surface area contributed by atoms with Gasteiger partial charge in [0.1, 0.15) is 10.6 Å². The Morgan fingerprint density at radius 2 is 1.67 bits per heavy atom. The molecule has 3 nitrogen and oxygen atoms in total. The molecule has 5 rings (SSSR count). The molecule has 130 valence electrons. The maximum absolute atomic E-state index is 6.14. The van der Waals surface area contributed by atoms with Crippen LogP contribution in [-0.4, -0.2) is 4.98 Å². The predicted octanol–water partition coefficient (Wildman–Crippen LogP) is 6.60. The third kappa shape index (κ3) is 3.14. The fraction of sp³-hybridized carbons (Fsp3) is 0. The lowest BCUT2D eigenvalue weighted by Crippen LogP contribution is -2.05. The van der Waals surface area contributed by atoms with Gasteiger partial charge in [-0.05, 0) is 48.5 Å². The lowest BCUT2D eigenvalue weighted by atomic mass is 10.2. The minimum Gasteiger partial charge on any atom is -0.438 e. The van der Waals surface area contributed by atoms with Crippen LogP contribution in [0.4, 0.5) is 5.69 Å². The van der Waals surface area contributed by atoms with Gasteiger partial charge in [-0.1, -0.05) is 41.9 Å². The van der Waals surface area contributed by atoms with Crippen molar-refractivity contribution in [1.29, 1.82) is 0 Å². The fourth-order valence-electron chi connectivity index (χ4n) is 2.93. The Bertz CT molecular complexity index is 1300. The van der Waals surface area contributed by atoms with Gasteiger partial charge in [-0.15, -0.1) is 11.3 Å². The molecule has 2 heterocycles. The van der Waals surface area contributed by atoms with Gasteiger partial charge in [0.05, 0.1) is 21.5 Å². The molecule has 0 spiro atoms. The number of nitrogens with zero attached hydrogens (tertiary/aromatic N) is 2. The monoisotopic (exact) mass is 388 g/mol. The molecular weight excluding hydrogens is 376 g/mol. The van der Waals surface area contributed by atoms with Gasteiger partial charge in [0.15, 0.2) is 0 Å². The first-order valence-electron chi connectivity index (χ1n) is 8.45. The Hall–Kier alpha value is -2.95. The summed E-state index contributed by atoms with van der Waals surface area (Å²) in [6.07, 6.45) is 0. The van der Waals surface area contributed by atoms with Crippen molar-refractivity contribution in [3.05, 3.63) is 89.4 Å². The van der Waals surface area contributed by atoms with Crippen molar-refractivity contribution in [3.8, 4) is 10.6 Å². The van der Waals surface area contributed by atoms with Gasteiger partial charge >= 0.3 is 0 Å². The maximum Gasteiger partial charge on any atom is 0.230 e. The lowest BCUT2D eigenvalue weighted by Gasteiger charge is -2.02. The van der Waals surface area contributed by atoms with Crippen LogP contribution in [0.15, 0.2) is 88.3 Å². The van der Waals surface area contributed by atoms with E-state index in [0.717, 1.165) is 37.4 Å². The van der Waals surface area contributed by atoms with Crippen LogP contribution >= 0.6 is 22.9 Å². The van der Waals surface area contributed by atoms with Crippen LogP contribution in [-0.2, 0) is 0 Å². The summed E-state index contributed by atoms with van der Waals surface area (Å²) in [4.78, 5) is 9.50. The molecule has 0 saturated heterocycles. The van der Waals surface area contributed by atoms with E-state index in [2.05, 4.69) is 12.1 Å². The van der Waals surface area contributed by atoms with Gasteiger partial charge in [0, 0.05) is 10.4 Å². The first kappa shape index (κ1) is 16.2. The number of hydrogen-bond donors (Lipinski definition) is 0. The molecule has 0 N–H and O–H groups in total. The first-order chi connectivity index (χ1) is 13.3. The van der Waals surface area contributed by atoms with Gasteiger partial charge < -0.3 is 4.42 Å². The molecule has 0 bridgehead atoms. The molecule has 0 amide bonds. The Balaban J connectivity index is 1.79. The highest BCUT2D eigenvalue weighted by Crippen LogP contribution is 2.30. The Labute approximate surface area is 164 Å². The number of aromatic nitrogens is 1. The van der Waals surface area contributed by atoms with E-state index in [1.807, 2.05) is 66.7 Å². The molecular formula is C22H13ClN2OS. The normalized spacial score (nSPS) is 12.1. The second-order valence-corrected chi connectivity index (χ2v) is 7.55. The smallest absolute Gasteiger partial charge is 0.230 e. The molecule has 0 unspecified atom stereocenters. The molecule has 0 saturated carbocycles. The largest absolute Gasteiger partial charge is 0.438 e. The molecule has 0 fully saturated rings. The SMILES string of the molecule is Clc1ccc(N=c2oc3ccccc3cc2-c2nc3ccccc3s2)cc1. The van der Waals surface area contributed by atoms with E-state index in [-0.39, 0.29) is 0 Å². The van der Waals surface area contributed by atoms with Crippen molar-refractivity contribution < 1.29 is 4.42 Å². The van der Waals surface area contributed by atoms with Crippen LogP contribution in [0.3, 0.4) is 0 Å². The van der Waals surface area contributed by atoms with Gasteiger partial charge in [-0.25, -0.2) is 9.98 Å². The summed E-state index contributed by atoms with van der Waals surface area (Å²) in [6, 6.07) is 25.5. The number of para-hydroxylation sites is 2. The standard InChI is InChI=1S/C22H13ClN2OS/c23-15-9-11-16(12-10-15)24-21-17(13-14-5-1-3-7-19(14)26-21)22-25-18-6-2-4-8-20(18)27-22/h1-13H. The van der Waals surface area contributed by atoms with Crippen molar-refractivity contribution in [1.82, 2.24) is 4.98 Å². The van der Waals surface area contributed by atoms with Crippen molar-refractivity contribution >= 4 is 49.8 Å².